The molecular formula is C26H28N2OS. The number of pyridine rings is 1. The van der Waals surface area contributed by atoms with Crippen LogP contribution in [-0.2, 0) is 12.2 Å². The predicted molar refractivity (Wildman–Crippen MR) is 124 cm³/mol. The Balaban J connectivity index is 1.37. The van der Waals surface area contributed by atoms with E-state index in [0.717, 1.165) is 48.7 Å². The van der Waals surface area contributed by atoms with Gasteiger partial charge in [0.1, 0.15) is 5.03 Å². The first-order chi connectivity index (χ1) is 14.7. The van der Waals surface area contributed by atoms with Gasteiger partial charge in [0.25, 0.3) is 5.91 Å². The molecule has 4 rings (SSSR count). The topological polar surface area (TPSA) is 33.2 Å². The lowest BCUT2D eigenvalue weighted by molar-refractivity contribution is 0.0686. The van der Waals surface area contributed by atoms with E-state index in [1.807, 2.05) is 17.0 Å². The third kappa shape index (κ3) is 5.11. The number of carbonyl (C=O) groups excluding carboxylic acids is 1. The van der Waals surface area contributed by atoms with Crippen molar-refractivity contribution >= 4 is 17.7 Å². The summed E-state index contributed by atoms with van der Waals surface area (Å²) in [5, 5.41) is 0.831. The summed E-state index contributed by atoms with van der Waals surface area (Å²) < 4.78 is 0. The van der Waals surface area contributed by atoms with Gasteiger partial charge in [0.15, 0.2) is 0 Å². The molecule has 3 aromatic rings. The number of aryl methyl sites for hydroxylation is 1. The van der Waals surface area contributed by atoms with Crippen LogP contribution in [0.15, 0.2) is 78.0 Å². The average Bonchev–Trinajstić information content (AvgIpc) is 2.79. The van der Waals surface area contributed by atoms with Crippen molar-refractivity contribution in [3.63, 3.8) is 0 Å². The number of piperidine rings is 1. The lowest BCUT2D eigenvalue weighted by Crippen LogP contribution is -2.39. The number of hydrogen-bond donors (Lipinski definition) is 0. The third-order valence-corrected chi connectivity index (χ3v) is 6.95. The molecule has 2 heterocycles. The first-order valence-corrected chi connectivity index (χ1v) is 11.6. The van der Waals surface area contributed by atoms with Crippen LogP contribution in [-0.4, -0.2) is 28.9 Å². The van der Waals surface area contributed by atoms with Crippen molar-refractivity contribution in [2.24, 2.45) is 5.92 Å². The SMILES string of the molecule is Cc1ccccc1CSc1ncccc1C(=O)N1CCC(Cc2ccccc2)CC1. The van der Waals surface area contributed by atoms with E-state index < -0.39 is 0 Å². The standard InChI is InChI=1S/C26H28N2OS/c1-20-8-5-6-11-23(20)19-30-25-24(12-7-15-27-25)26(29)28-16-13-22(14-17-28)18-21-9-3-2-4-10-21/h2-12,15,22H,13-14,16-19H2,1H3. The summed E-state index contributed by atoms with van der Waals surface area (Å²) in [6.07, 6.45) is 5.01. The van der Waals surface area contributed by atoms with Gasteiger partial charge in [0.2, 0.25) is 0 Å². The third-order valence-electron chi connectivity index (χ3n) is 5.90. The lowest BCUT2D eigenvalue weighted by atomic mass is 9.90. The highest BCUT2D eigenvalue weighted by atomic mass is 32.2. The Labute approximate surface area is 183 Å². The van der Waals surface area contributed by atoms with Crippen molar-refractivity contribution in [1.82, 2.24) is 9.88 Å². The van der Waals surface area contributed by atoms with Crippen molar-refractivity contribution in [3.8, 4) is 0 Å². The Morgan fingerprint density at radius 1 is 1.00 bits per heavy atom. The summed E-state index contributed by atoms with van der Waals surface area (Å²) in [7, 11) is 0. The van der Waals surface area contributed by atoms with E-state index in [-0.39, 0.29) is 5.91 Å². The number of thioether (sulfide) groups is 1. The molecule has 1 aliphatic heterocycles. The molecule has 0 radical (unpaired) electrons. The van der Waals surface area contributed by atoms with Gasteiger partial charge >= 0.3 is 0 Å². The van der Waals surface area contributed by atoms with Crippen molar-refractivity contribution in [2.75, 3.05) is 13.1 Å². The van der Waals surface area contributed by atoms with Crippen LogP contribution in [0.4, 0.5) is 0 Å². The van der Waals surface area contributed by atoms with Gasteiger partial charge in [-0.15, -0.1) is 11.8 Å². The number of rotatable bonds is 6. The van der Waals surface area contributed by atoms with Gasteiger partial charge in [0, 0.05) is 25.0 Å². The van der Waals surface area contributed by atoms with Gasteiger partial charge < -0.3 is 4.90 Å². The normalized spacial score (nSPS) is 14.6. The minimum atomic E-state index is 0.119. The molecule has 0 unspecified atom stereocenters. The second kappa shape index (κ2) is 9.94. The van der Waals surface area contributed by atoms with Gasteiger partial charge in [-0.2, -0.15) is 0 Å². The molecule has 1 saturated heterocycles. The van der Waals surface area contributed by atoms with Crippen LogP contribution in [0.1, 0.15) is 39.9 Å². The lowest BCUT2D eigenvalue weighted by Gasteiger charge is -2.32. The van der Waals surface area contributed by atoms with Crippen LogP contribution in [0, 0.1) is 12.8 Å². The van der Waals surface area contributed by atoms with Crippen LogP contribution >= 0.6 is 11.8 Å². The van der Waals surface area contributed by atoms with E-state index in [9.17, 15) is 4.79 Å². The van der Waals surface area contributed by atoms with Crippen LogP contribution in [0.5, 0.6) is 0 Å². The van der Waals surface area contributed by atoms with E-state index >= 15 is 0 Å². The minimum absolute atomic E-state index is 0.119. The quantitative estimate of drug-likeness (QED) is 0.478. The average molecular weight is 417 g/mol. The highest BCUT2D eigenvalue weighted by molar-refractivity contribution is 7.98. The smallest absolute Gasteiger partial charge is 0.256 e. The number of amides is 1. The molecule has 154 valence electrons. The summed E-state index contributed by atoms with van der Waals surface area (Å²) in [5.74, 6) is 1.59. The Morgan fingerprint density at radius 2 is 1.73 bits per heavy atom. The molecule has 0 N–H and O–H groups in total. The Morgan fingerprint density at radius 3 is 2.50 bits per heavy atom. The second-order valence-corrected chi connectivity index (χ2v) is 8.96. The predicted octanol–water partition coefficient (Wildman–Crippen LogP) is 5.78. The molecule has 0 aliphatic carbocycles. The maximum Gasteiger partial charge on any atom is 0.256 e. The first-order valence-electron chi connectivity index (χ1n) is 10.7. The fourth-order valence-corrected chi connectivity index (χ4v) is 5.11. The van der Waals surface area contributed by atoms with Gasteiger partial charge in [-0.1, -0.05) is 54.6 Å². The van der Waals surface area contributed by atoms with E-state index in [1.54, 1.807) is 18.0 Å². The molecule has 3 nitrogen and oxygen atoms in total. The number of carbonyl (C=O) groups is 1. The zero-order valence-electron chi connectivity index (χ0n) is 17.5. The molecule has 1 aliphatic rings. The largest absolute Gasteiger partial charge is 0.339 e. The number of benzene rings is 2. The summed E-state index contributed by atoms with van der Waals surface area (Å²) >= 11 is 1.65. The maximum absolute atomic E-state index is 13.2. The van der Waals surface area contributed by atoms with Crippen molar-refractivity contribution in [2.45, 2.75) is 37.0 Å². The van der Waals surface area contributed by atoms with Crippen LogP contribution in [0.25, 0.3) is 0 Å². The molecular weight excluding hydrogens is 388 g/mol. The van der Waals surface area contributed by atoms with Crippen molar-refractivity contribution < 1.29 is 4.79 Å². The summed E-state index contributed by atoms with van der Waals surface area (Å²) in [6, 6.07) is 22.8. The van der Waals surface area contributed by atoms with E-state index in [2.05, 4.69) is 66.5 Å². The zero-order valence-corrected chi connectivity index (χ0v) is 18.3. The molecule has 0 spiro atoms. The summed E-state index contributed by atoms with van der Waals surface area (Å²) in [5.41, 5.74) is 4.68. The number of hydrogen-bond acceptors (Lipinski definition) is 3. The van der Waals surface area contributed by atoms with E-state index in [1.165, 1.54) is 16.7 Å². The minimum Gasteiger partial charge on any atom is -0.339 e. The molecule has 1 amide bonds. The fourth-order valence-electron chi connectivity index (χ4n) is 4.04. The number of likely N-dealkylation sites (tertiary alicyclic amines) is 1. The van der Waals surface area contributed by atoms with Crippen LogP contribution in [0.2, 0.25) is 0 Å². The number of aromatic nitrogens is 1. The molecule has 0 saturated carbocycles. The molecule has 0 bridgehead atoms. The molecule has 1 fully saturated rings. The Bertz CT molecular complexity index is 981. The molecule has 2 aromatic carbocycles. The number of nitrogens with zero attached hydrogens (tertiary/aromatic N) is 2. The van der Waals surface area contributed by atoms with Crippen molar-refractivity contribution in [3.05, 3.63) is 95.2 Å². The Kier molecular flexibility index (Phi) is 6.85. The van der Waals surface area contributed by atoms with Crippen molar-refractivity contribution in [1.29, 1.82) is 0 Å². The summed E-state index contributed by atoms with van der Waals surface area (Å²) in [6.45, 7) is 3.78. The second-order valence-electron chi connectivity index (χ2n) is 8.00. The monoisotopic (exact) mass is 416 g/mol. The zero-order chi connectivity index (χ0) is 20.8. The molecule has 1 aromatic heterocycles. The fraction of sp³-hybridized carbons (Fsp3) is 0.308. The van der Waals surface area contributed by atoms with E-state index in [4.69, 9.17) is 0 Å². The Hall–Kier alpha value is -2.59. The van der Waals surface area contributed by atoms with Gasteiger partial charge in [-0.3, -0.25) is 4.79 Å². The summed E-state index contributed by atoms with van der Waals surface area (Å²) in [4.78, 5) is 19.8. The highest BCUT2D eigenvalue weighted by Gasteiger charge is 2.25. The molecule has 30 heavy (non-hydrogen) atoms. The maximum atomic E-state index is 13.2. The molecule has 4 heteroatoms. The van der Waals surface area contributed by atoms with Gasteiger partial charge in [0.05, 0.1) is 5.56 Å². The van der Waals surface area contributed by atoms with Gasteiger partial charge in [-0.05, 0) is 60.9 Å². The first kappa shape index (κ1) is 20.7. The van der Waals surface area contributed by atoms with E-state index in [0.29, 0.717) is 5.92 Å². The van der Waals surface area contributed by atoms with Gasteiger partial charge in [-0.25, -0.2) is 4.98 Å². The highest BCUT2D eigenvalue weighted by Crippen LogP contribution is 2.28. The van der Waals surface area contributed by atoms with Crippen LogP contribution < -0.4 is 0 Å². The molecule has 0 atom stereocenters. The van der Waals surface area contributed by atoms with Crippen LogP contribution in [0.3, 0.4) is 0 Å².